The second-order valence-electron chi connectivity index (χ2n) is 9.61. The van der Waals surface area contributed by atoms with Crippen LogP contribution in [-0.2, 0) is 32.8 Å². The Morgan fingerprint density at radius 2 is 1.63 bits per heavy atom. The summed E-state index contributed by atoms with van der Waals surface area (Å²) in [5.41, 5.74) is 0.749. The van der Waals surface area contributed by atoms with Crippen molar-refractivity contribution in [1.82, 2.24) is 8.54 Å². The fraction of sp³-hybridized carbons (Fsp3) is 0.133. The Bertz CT molecular complexity index is 2160. The molecular weight excluding hydrogens is 600 g/mol. The van der Waals surface area contributed by atoms with E-state index in [0.29, 0.717) is 22.8 Å². The van der Waals surface area contributed by atoms with Gasteiger partial charge in [0, 0.05) is 48.2 Å². The van der Waals surface area contributed by atoms with E-state index in [4.69, 9.17) is 4.74 Å². The Kier molecular flexibility index (Phi) is 8.04. The Morgan fingerprint density at radius 1 is 0.907 bits per heavy atom. The molecule has 43 heavy (non-hydrogen) atoms. The van der Waals surface area contributed by atoms with Crippen LogP contribution < -0.4 is 10.3 Å². The second kappa shape index (κ2) is 11.6. The number of benzene rings is 3. The molecule has 0 bridgehead atoms. The summed E-state index contributed by atoms with van der Waals surface area (Å²) < 4.78 is 90.6. The van der Waals surface area contributed by atoms with Crippen molar-refractivity contribution >= 4 is 37.2 Å². The summed E-state index contributed by atoms with van der Waals surface area (Å²) in [4.78, 5) is 13.3. The molecule has 0 aliphatic carbocycles. The number of hydrogen-bond acceptors (Lipinski definition) is 6. The number of ether oxygens (including phenoxy) is 1. The zero-order valence-electron chi connectivity index (χ0n) is 22.9. The summed E-state index contributed by atoms with van der Waals surface area (Å²) in [5, 5.41) is 0.249. The van der Waals surface area contributed by atoms with Gasteiger partial charge in [0.05, 0.1) is 11.5 Å². The van der Waals surface area contributed by atoms with Crippen LogP contribution in [0.4, 0.5) is 8.78 Å². The van der Waals surface area contributed by atoms with Gasteiger partial charge in [-0.1, -0.05) is 30.3 Å². The van der Waals surface area contributed by atoms with Gasteiger partial charge in [-0.3, -0.25) is 4.79 Å². The lowest BCUT2D eigenvalue weighted by Crippen LogP contribution is -2.23. The smallest absolute Gasteiger partial charge is 0.275 e. The SMILES string of the molecule is CCS(=O)(=O)N=Cc1ccc(Oc2ccc(F)cc2F)c(-c2cn(C)c(=O)c3c2ccn3S(=O)(=O)Cc2ccccc2)c1. The number of halogens is 2. The molecule has 9 nitrogen and oxygen atoms in total. The topological polar surface area (TPSA) is 117 Å². The lowest BCUT2D eigenvalue weighted by atomic mass is 10.0. The standard InChI is InChI=1S/C30H25F2N3O6S2/c1-3-42(37,38)33-17-21-9-11-27(41-28-12-10-22(31)16-26(28)32)24(15-21)25-18-34(2)30(36)29-23(25)13-14-35(29)43(39,40)19-20-7-5-4-6-8-20/h4-18H,3,19H2,1-2H3. The Balaban J connectivity index is 1.72. The van der Waals surface area contributed by atoms with E-state index >= 15 is 0 Å². The van der Waals surface area contributed by atoms with Gasteiger partial charge in [-0.2, -0.15) is 4.40 Å². The summed E-state index contributed by atoms with van der Waals surface area (Å²) in [6, 6.07) is 17.2. The predicted octanol–water partition coefficient (Wildman–Crippen LogP) is 5.22. The molecule has 13 heteroatoms. The number of hydrogen-bond donors (Lipinski definition) is 0. The number of nitrogens with zero attached hydrogens (tertiary/aromatic N) is 3. The fourth-order valence-corrected chi connectivity index (χ4v) is 6.34. The molecule has 0 radical (unpaired) electrons. The van der Waals surface area contributed by atoms with Crippen LogP contribution in [-0.4, -0.2) is 37.3 Å². The third-order valence-corrected chi connectivity index (χ3v) is 9.37. The maximum absolute atomic E-state index is 14.6. The van der Waals surface area contributed by atoms with Gasteiger partial charge in [0.1, 0.15) is 17.1 Å². The van der Waals surface area contributed by atoms with Crippen molar-refractivity contribution in [3.63, 3.8) is 0 Å². The van der Waals surface area contributed by atoms with E-state index in [2.05, 4.69) is 4.40 Å². The molecule has 0 spiro atoms. The van der Waals surface area contributed by atoms with Crippen LogP contribution in [0, 0.1) is 11.6 Å². The van der Waals surface area contributed by atoms with E-state index in [0.717, 1.165) is 22.3 Å². The molecule has 0 aliphatic rings. The highest BCUT2D eigenvalue weighted by atomic mass is 32.2. The number of sulfonamides is 1. The molecule has 0 fully saturated rings. The molecule has 5 rings (SSSR count). The molecule has 2 heterocycles. The zero-order valence-corrected chi connectivity index (χ0v) is 24.6. The second-order valence-corrected chi connectivity index (χ2v) is 13.4. The maximum Gasteiger partial charge on any atom is 0.275 e. The molecule has 0 amide bonds. The van der Waals surface area contributed by atoms with Gasteiger partial charge in [0.15, 0.2) is 11.6 Å². The lowest BCUT2D eigenvalue weighted by molar-refractivity contribution is 0.439. The minimum absolute atomic E-state index is 0.0702. The van der Waals surface area contributed by atoms with E-state index in [9.17, 15) is 30.4 Å². The van der Waals surface area contributed by atoms with E-state index in [1.54, 1.807) is 30.3 Å². The highest BCUT2D eigenvalue weighted by molar-refractivity contribution is 7.90. The summed E-state index contributed by atoms with van der Waals surface area (Å²) in [7, 11) is -6.30. The van der Waals surface area contributed by atoms with E-state index in [1.807, 2.05) is 0 Å². The number of rotatable bonds is 9. The van der Waals surface area contributed by atoms with Gasteiger partial charge in [-0.25, -0.2) is 29.6 Å². The minimum atomic E-state index is -4.04. The Labute approximate surface area is 246 Å². The van der Waals surface area contributed by atoms with Crippen molar-refractivity contribution in [2.45, 2.75) is 12.7 Å². The third kappa shape index (κ3) is 6.27. The van der Waals surface area contributed by atoms with Gasteiger partial charge in [0.2, 0.25) is 10.0 Å². The minimum Gasteiger partial charge on any atom is -0.454 e. The first-order valence-corrected chi connectivity index (χ1v) is 16.1. The van der Waals surface area contributed by atoms with Crippen molar-refractivity contribution in [3.05, 3.63) is 118 Å². The van der Waals surface area contributed by atoms with E-state index in [1.165, 1.54) is 55.2 Å². The van der Waals surface area contributed by atoms with Crippen molar-refractivity contribution in [3.8, 4) is 22.6 Å². The van der Waals surface area contributed by atoms with Crippen LogP contribution in [0.1, 0.15) is 18.1 Å². The van der Waals surface area contributed by atoms with Gasteiger partial charge < -0.3 is 9.30 Å². The summed E-state index contributed by atoms with van der Waals surface area (Å²) in [6.45, 7) is 1.45. The van der Waals surface area contributed by atoms with Crippen LogP contribution in [0.2, 0.25) is 0 Å². The van der Waals surface area contributed by atoms with Crippen LogP contribution >= 0.6 is 0 Å². The molecule has 3 aromatic carbocycles. The Hall–Kier alpha value is -4.62. The fourth-order valence-electron chi connectivity index (χ4n) is 4.45. The van der Waals surface area contributed by atoms with Gasteiger partial charge in [-0.05, 0) is 54.4 Å². The van der Waals surface area contributed by atoms with Gasteiger partial charge in [-0.15, -0.1) is 0 Å². The maximum atomic E-state index is 14.6. The molecule has 0 saturated carbocycles. The number of fused-ring (bicyclic) bond motifs is 1. The van der Waals surface area contributed by atoms with Crippen molar-refractivity contribution < 1.29 is 30.4 Å². The molecule has 0 atom stereocenters. The molecule has 0 saturated heterocycles. The van der Waals surface area contributed by atoms with E-state index in [-0.39, 0.29) is 39.5 Å². The number of aromatic nitrogens is 2. The monoisotopic (exact) mass is 625 g/mol. The predicted molar refractivity (Wildman–Crippen MR) is 161 cm³/mol. The average Bonchev–Trinajstić information content (AvgIpc) is 3.43. The quantitative estimate of drug-likeness (QED) is 0.207. The van der Waals surface area contributed by atoms with Crippen molar-refractivity contribution in [2.24, 2.45) is 11.4 Å². The molecule has 5 aromatic rings. The van der Waals surface area contributed by atoms with Crippen LogP contribution in [0.25, 0.3) is 22.0 Å². The van der Waals surface area contributed by atoms with E-state index < -0.39 is 37.2 Å². The molecular formula is C30H25F2N3O6S2. The first kappa shape index (κ1) is 29.9. The molecule has 2 aromatic heterocycles. The first-order valence-electron chi connectivity index (χ1n) is 12.9. The van der Waals surface area contributed by atoms with Gasteiger partial charge in [0.25, 0.3) is 15.6 Å². The Morgan fingerprint density at radius 3 is 2.33 bits per heavy atom. The lowest BCUT2D eigenvalue weighted by Gasteiger charge is -2.15. The molecule has 0 unspecified atom stereocenters. The van der Waals surface area contributed by atoms with Crippen LogP contribution in [0.3, 0.4) is 0 Å². The molecule has 222 valence electrons. The van der Waals surface area contributed by atoms with Crippen molar-refractivity contribution in [1.29, 1.82) is 0 Å². The van der Waals surface area contributed by atoms with Crippen molar-refractivity contribution in [2.75, 3.05) is 5.75 Å². The summed E-state index contributed by atoms with van der Waals surface area (Å²) in [6.07, 6.45) is 3.89. The normalized spacial score (nSPS) is 12.3. The average molecular weight is 626 g/mol. The highest BCUT2D eigenvalue weighted by Crippen LogP contribution is 2.38. The number of aryl methyl sites for hydroxylation is 1. The zero-order chi connectivity index (χ0) is 30.9. The largest absolute Gasteiger partial charge is 0.454 e. The highest BCUT2D eigenvalue weighted by Gasteiger charge is 2.23. The van der Waals surface area contributed by atoms with Crippen LogP contribution in [0.5, 0.6) is 11.5 Å². The number of pyridine rings is 1. The summed E-state index contributed by atoms with van der Waals surface area (Å²) >= 11 is 0. The summed E-state index contributed by atoms with van der Waals surface area (Å²) in [5.74, 6) is -2.56. The molecule has 0 aliphatic heterocycles. The molecule has 0 N–H and O–H groups in total. The van der Waals surface area contributed by atoms with Crippen LogP contribution in [0.15, 0.2) is 94.4 Å². The third-order valence-electron chi connectivity index (χ3n) is 6.61. The van der Waals surface area contributed by atoms with Gasteiger partial charge >= 0.3 is 0 Å². The first-order chi connectivity index (χ1) is 20.4.